The first-order valence-corrected chi connectivity index (χ1v) is 8.11. The molecule has 0 aliphatic heterocycles. The number of rotatable bonds is 3. The van der Waals surface area contributed by atoms with Crippen LogP contribution in [0.4, 0.5) is 0 Å². The van der Waals surface area contributed by atoms with Gasteiger partial charge in [0.05, 0.1) is 5.69 Å². The number of hydrogen-bond donors (Lipinski definition) is 1. The fourth-order valence-electron chi connectivity index (χ4n) is 3.56. The summed E-state index contributed by atoms with van der Waals surface area (Å²) in [5, 5.41) is 15.5. The average Bonchev–Trinajstić information content (AvgIpc) is 2.72. The highest BCUT2D eigenvalue weighted by molar-refractivity contribution is 5.12. The average molecular weight is 278 g/mol. The molecule has 114 valence electrons. The van der Waals surface area contributed by atoms with Gasteiger partial charge in [-0.15, -0.1) is 0 Å². The molecule has 0 bridgehead atoms. The maximum Gasteiger partial charge on any atom is 0.106 e. The lowest BCUT2D eigenvalue weighted by Crippen LogP contribution is -2.29. The molecule has 1 aliphatic carbocycles. The Morgan fingerprint density at radius 2 is 2.10 bits per heavy atom. The summed E-state index contributed by atoms with van der Waals surface area (Å²) in [5.41, 5.74) is 0.689. The second-order valence-electron chi connectivity index (χ2n) is 7.47. The smallest absolute Gasteiger partial charge is 0.106 e. The van der Waals surface area contributed by atoms with Crippen LogP contribution in [-0.4, -0.2) is 14.9 Å². The molecule has 3 heteroatoms. The molecule has 1 aliphatic rings. The molecular formula is C17H30N2O. The minimum Gasteiger partial charge on any atom is -0.384 e. The molecule has 1 aromatic rings. The number of aryl methyl sites for hydroxylation is 1. The van der Waals surface area contributed by atoms with Crippen LogP contribution >= 0.6 is 0 Å². The van der Waals surface area contributed by atoms with E-state index in [4.69, 9.17) is 0 Å². The minimum absolute atomic E-state index is 0.342. The normalized spacial score (nSPS) is 28.4. The molecule has 0 amide bonds. The highest BCUT2D eigenvalue weighted by Crippen LogP contribution is 2.43. The lowest BCUT2D eigenvalue weighted by atomic mass is 9.76. The van der Waals surface area contributed by atoms with Crippen LogP contribution < -0.4 is 0 Å². The molecule has 1 fully saturated rings. The molecule has 0 radical (unpaired) electrons. The maximum atomic E-state index is 11.1. The van der Waals surface area contributed by atoms with E-state index in [1.165, 1.54) is 6.42 Å². The van der Waals surface area contributed by atoms with Gasteiger partial charge in [-0.05, 0) is 55.9 Å². The molecule has 0 saturated heterocycles. The van der Waals surface area contributed by atoms with Gasteiger partial charge in [0.15, 0.2) is 0 Å². The van der Waals surface area contributed by atoms with Gasteiger partial charge in [-0.3, -0.25) is 4.68 Å². The lowest BCUT2D eigenvalue weighted by Gasteiger charge is -2.31. The number of aromatic nitrogens is 2. The minimum atomic E-state index is -0.675. The molecule has 3 nitrogen and oxygen atoms in total. The summed E-state index contributed by atoms with van der Waals surface area (Å²) < 4.78 is 2.00. The molecule has 1 aromatic heterocycles. The Bertz CT molecular complexity index is 432. The van der Waals surface area contributed by atoms with Crippen molar-refractivity contribution in [1.29, 1.82) is 0 Å². The summed E-state index contributed by atoms with van der Waals surface area (Å²) in [7, 11) is 0. The maximum absolute atomic E-state index is 11.1. The van der Waals surface area contributed by atoms with Gasteiger partial charge < -0.3 is 5.11 Å². The molecule has 2 rings (SSSR count). The van der Waals surface area contributed by atoms with Gasteiger partial charge in [0.25, 0.3) is 0 Å². The summed E-state index contributed by atoms with van der Waals surface area (Å²) in [6.45, 7) is 10.0. The third-order valence-corrected chi connectivity index (χ3v) is 4.90. The van der Waals surface area contributed by atoms with Crippen LogP contribution in [0.25, 0.3) is 0 Å². The van der Waals surface area contributed by atoms with E-state index in [9.17, 15) is 5.11 Å². The third-order valence-electron chi connectivity index (χ3n) is 4.90. The summed E-state index contributed by atoms with van der Waals surface area (Å²) in [6.07, 6.45) is 8.06. The van der Waals surface area contributed by atoms with Gasteiger partial charge in [0.1, 0.15) is 5.60 Å². The van der Waals surface area contributed by atoms with Crippen LogP contribution in [0.1, 0.15) is 71.9 Å². The Kier molecular flexibility index (Phi) is 4.58. The standard InChI is InChI=1S/C17H30N2O/c1-5-13-19-15(9-12-18-19)17(20)10-6-7-14(8-11-17)16(2,3)4/h9,12,14,20H,5-8,10-11,13H2,1-4H3. The van der Waals surface area contributed by atoms with E-state index in [0.29, 0.717) is 11.3 Å². The van der Waals surface area contributed by atoms with Crippen molar-refractivity contribution in [2.45, 2.75) is 78.4 Å². The molecule has 1 N–H and O–H groups in total. The molecule has 0 aromatic carbocycles. The highest BCUT2D eigenvalue weighted by Gasteiger charge is 2.37. The van der Waals surface area contributed by atoms with Gasteiger partial charge >= 0.3 is 0 Å². The summed E-state index contributed by atoms with van der Waals surface area (Å²) in [6, 6.07) is 2.01. The number of nitrogens with zero attached hydrogens (tertiary/aromatic N) is 2. The molecule has 1 heterocycles. The molecule has 1 saturated carbocycles. The summed E-state index contributed by atoms with van der Waals surface area (Å²) >= 11 is 0. The summed E-state index contributed by atoms with van der Waals surface area (Å²) in [4.78, 5) is 0. The SMILES string of the molecule is CCCn1nccc1C1(O)CCCC(C(C)(C)C)CC1. The first-order chi connectivity index (χ1) is 9.37. The lowest BCUT2D eigenvalue weighted by molar-refractivity contribution is 0.00920. The van der Waals surface area contributed by atoms with Crippen molar-refractivity contribution in [1.82, 2.24) is 9.78 Å². The van der Waals surface area contributed by atoms with Gasteiger partial charge in [-0.2, -0.15) is 5.10 Å². The molecular weight excluding hydrogens is 248 g/mol. The Labute approximate surface area is 123 Å². The van der Waals surface area contributed by atoms with E-state index < -0.39 is 5.60 Å². The van der Waals surface area contributed by atoms with E-state index >= 15 is 0 Å². The van der Waals surface area contributed by atoms with Crippen LogP contribution in [0, 0.1) is 11.3 Å². The van der Waals surface area contributed by atoms with Gasteiger partial charge in [0, 0.05) is 12.7 Å². The molecule has 0 spiro atoms. The molecule has 2 unspecified atom stereocenters. The van der Waals surface area contributed by atoms with Crippen molar-refractivity contribution in [2.75, 3.05) is 0 Å². The van der Waals surface area contributed by atoms with E-state index in [1.807, 2.05) is 16.9 Å². The number of hydrogen-bond acceptors (Lipinski definition) is 2. The Morgan fingerprint density at radius 1 is 1.35 bits per heavy atom. The highest BCUT2D eigenvalue weighted by atomic mass is 16.3. The third kappa shape index (κ3) is 3.25. The largest absolute Gasteiger partial charge is 0.384 e. The summed E-state index contributed by atoms with van der Waals surface area (Å²) in [5.74, 6) is 0.707. The monoisotopic (exact) mass is 278 g/mol. The quantitative estimate of drug-likeness (QED) is 0.845. The van der Waals surface area contributed by atoms with Crippen molar-refractivity contribution in [3.05, 3.63) is 18.0 Å². The van der Waals surface area contributed by atoms with E-state index in [2.05, 4.69) is 32.8 Å². The van der Waals surface area contributed by atoms with E-state index in [-0.39, 0.29) is 0 Å². The predicted molar refractivity (Wildman–Crippen MR) is 82.4 cm³/mol. The van der Waals surface area contributed by atoms with Crippen LogP contribution in [0.15, 0.2) is 12.3 Å². The van der Waals surface area contributed by atoms with Crippen molar-refractivity contribution in [3.63, 3.8) is 0 Å². The van der Waals surface area contributed by atoms with Gasteiger partial charge in [-0.1, -0.05) is 27.7 Å². The first-order valence-electron chi connectivity index (χ1n) is 8.11. The Hall–Kier alpha value is -0.830. The topological polar surface area (TPSA) is 38.0 Å². The predicted octanol–water partition coefficient (Wildman–Crippen LogP) is 4.11. The van der Waals surface area contributed by atoms with E-state index in [0.717, 1.165) is 44.3 Å². The second-order valence-corrected chi connectivity index (χ2v) is 7.47. The van der Waals surface area contributed by atoms with Gasteiger partial charge in [0.2, 0.25) is 0 Å². The zero-order valence-electron chi connectivity index (χ0n) is 13.5. The van der Waals surface area contributed by atoms with Crippen LogP contribution in [0.3, 0.4) is 0 Å². The zero-order valence-corrected chi connectivity index (χ0v) is 13.5. The molecule has 2 atom stereocenters. The van der Waals surface area contributed by atoms with Crippen LogP contribution in [0.5, 0.6) is 0 Å². The van der Waals surface area contributed by atoms with E-state index in [1.54, 1.807) is 0 Å². The van der Waals surface area contributed by atoms with Crippen molar-refractivity contribution in [3.8, 4) is 0 Å². The van der Waals surface area contributed by atoms with Gasteiger partial charge in [-0.25, -0.2) is 0 Å². The van der Waals surface area contributed by atoms with Crippen molar-refractivity contribution in [2.24, 2.45) is 11.3 Å². The fourth-order valence-corrected chi connectivity index (χ4v) is 3.56. The fraction of sp³-hybridized carbons (Fsp3) is 0.824. The van der Waals surface area contributed by atoms with Crippen LogP contribution in [-0.2, 0) is 12.1 Å². The number of aliphatic hydroxyl groups is 1. The van der Waals surface area contributed by atoms with Crippen LogP contribution in [0.2, 0.25) is 0 Å². The van der Waals surface area contributed by atoms with Crippen molar-refractivity contribution < 1.29 is 5.11 Å². The Balaban J connectivity index is 2.17. The first kappa shape index (κ1) is 15.6. The Morgan fingerprint density at radius 3 is 2.75 bits per heavy atom. The van der Waals surface area contributed by atoms with Crippen molar-refractivity contribution >= 4 is 0 Å². The molecule has 20 heavy (non-hydrogen) atoms. The second kappa shape index (κ2) is 5.88. The zero-order chi connectivity index (χ0) is 14.8.